The largest absolute Gasteiger partial charge is 0.380 e. The van der Waals surface area contributed by atoms with Crippen molar-refractivity contribution in [1.29, 1.82) is 0 Å². The van der Waals surface area contributed by atoms with Crippen molar-refractivity contribution in [3.05, 3.63) is 0 Å². The van der Waals surface area contributed by atoms with E-state index >= 15 is 0 Å². The van der Waals surface area contributed by atoms with Gasteiger partial charge < -0.3 is 14.8 Å². The van der Waals surface area contributed by atoms with E-state index in [2.05, 4.69) is 24.2 Å². The number of hydrogen-bond acceptors (Lipinski definition) is 4. The first-order valence-corrected chi connectivity index (χ1v) is 5.82. The number of ether oxygens (including phenoxy) is 2. The van der Waals surface area contributed by atoms with E-state index in [0.717, 1.165) is 45.9 Å². The Balaban J connectivity index is 1.60. The molecule has 2 aliphatic heterocycles. The molecule has 4 heteroatoms. The highest BCUT2D eigenvalue weighted by molar-refractivity contribution is 4.90. The molecule has 2 aliphatic rings. The molecular weight excluding hydrogens is 192 g/mol. The lowest BCUT2D eigenvalue weighted by atomic mass is 10.0. The summed E-state index contributed by atoms with van der Waals surface area (Å²) in [6, 6.07) is 0.598. The fraction of sp³-hybridized carbons (Fsp3) is 1.00. The first kappa shape index (κ1) is 11.3. The van der Waals surface area contributed by atoms with Gasteiger partial charge in [-0.3, -0.25) is 4.90 Å². The van der Waals surface area contributed by atoms with Gasteiger partial charge in [0.1, 0.15) is 0 Å². The van der Waals surface area contributed by atoms with Gasteiger partial charge in [0.15, 0.2) is 0 Å². The van der Waals surface area contributed by atoms with E-state index in [-0.39, 0.29) is 5.60 Å². The Kier molecular flexibility index (Phi) is 3.61. The van der Waals surface area contributed by atoms with E-state index in [1.165, 1.54) is 0 Å². The molecule has 0 radical (unpaired) electrons. The van der Waals surface area contributed by atoms with Crippen LogP contribution in [0.5, 0.6) is 0 Å². The highest BCUT2D eigenvalue weighted by atomic mass is 16.5. The average Bonchev–Trinajstić information content (AvgIpc) is 2.67. The van der Waals surface area contributed by atoms with Gasteiger partial charge in [-0.15, -0.1) is 0 Å². The van der Waals surface area contributed by atoms with E-state index in [1.807, 2.05) is 0 Å². The van der Waals surface area contributed by atoms with E-state index < -0.39 is 0 Å². The number of nitrogens with zero attached hydrogens (tertiary/aromatic N) is 1. The van der Waals surface area contributed by atoms with Crippen LogP contribution in [-0.4, -0.2) is 63.0 Å². The molecule has 2 saturated heterocycles. The zero-order chi connectivity index (χ0) is 10.7. The summed E-state index contributed by atoms with van der Waals surface area (Å²) in [5.74, 6) is 0. The molecule has 2 heterocycles. The Labute approximate surface area is 91.9 Å². The molecule has 15 heavy (non-hydrogen) atoms. The van der Waals surface area contributed by atoms with Crippen molar-refractivity contribution < 1.29 is 9.47 Å². The molecule has 0 aromatic heterocycles. The maximum Gasteiger partial charge on any atom is 0.0902 e. The highest BCUT2D eigenvalue weighted by Gasteiger charge is 2.32. The van der Waals surface area contributed by atoms with E-state index in [0.29, 0.717) is 6.04 Å². The molecule has 0 saturated carbocycles. The summed E-state index contributed by atoms with van der Waals surface area (Å²) >= 11 is 0. The van der Waals surface area contributed by atoms with Crippen LogP contribution in [-0.2, 0) is 9.47 Å². The Morgan fingerprint density at radius 2 is 2.33 bits per heavy atom. The maximum atomic E-state index is 5.85. The van der Waals surface area contributed by atoms with Crippen LogP contribution in [0.4, 0.5) is 0 Å². The summed E-state index contributed by atoms with van der Waals surface area (Å²) in [6.45, 7) is 7.77. The van der Waals surface area contributed by atoms with Crippen LogP contribution >= 0.6 is 0 Å². The Morgan fingerprint density at radius 3 is 2.87 bits per heavy atom. The van der Waals surface area contributed by atoms with Crippen molar-refractivity contribution in [2.45, 2.75) is 25.0 Å². The van der Waals surface area contributed by atoms with Gasteiger partial charge in [-0.05, 0) is 20.4 Å². The third kappa shape index (κ3) is 2.91. The van der Waals surface area contributed by atoms with Crippen LogP contribution in [0.1, 0.15) is 13.3 Å². The average molecular weight is 214 g/mol. The zero-order valence-electron chi connectivity index (χ0n) is 9.79. The van der Waals surface area contributed by atoms with Crippen LogP contribution in [0.15, 0.2) is 0 Å². The van der Waals surface area contributed by atoms with Crippen molar-refractivity contribution in [1.82, 2.24) is 10.2 Å². The van der Waals surface area contributed by atoms with Gasteiger partial charge in [-0.25, -0.2) is 0 Å². The van der Waals surface area contributed by atoms with Crippen molar-refractivity contribution in [2.75, 3.05) is 46.5 Å². The van der Waals surface area contributed by atoms with Crippen molar-refractivity contribution >= 4 is 0 Å². The Hall–Kier alpha value is -0.160. The third-order valence-corrected chi connectivity index (χ3v) is 3.42. The fourth-order valence-corrected chi connectivity index (χ4v) is 2.07. The molecule has 0 amide bonds. The second kappa shape index (κ2) is 4.78. The van der Waals surface area contributed by atoms with E-state index in [9.17, 15) is 0 Å². The second-order valence-electron chi connectivity index (χ2n) is 4.90. The summed E-state index contributed by atoms with van der Waals surface area (Å²) in [4.78, 5) is 2.35. The molecule has 0 spiro atoms. The van der Waals surface area contributed by atoms with Gasteiger partial charge in [-0.2, -0.15) is 0 Å². The van der Waals surface area contributed by atoms with Gasteiger partial charge >= 0.3 is 0 Å². The van der Waals surface area contributed by atoms with Gasteiger partial charge in [0.2, 0.25) is 0 Å². The minimum atomic E-state index is 0.0903. The summed E-state index contributed by atoms with van der Waals surface area (Å²) in [7, 11) is 2.16. The molecule has 2 fully saturated rings. The minimum absolute atomic E-state index is 0.0903. The first-order chi connectivity index (χ1) is 7.20. The predicted octanol–water partition coefficient (Wildman–Crippen LogP) is 0.0856. The van der Waals surface area contributed by atoms with Gasteiger partial charge in [0.05, 0.1) is 18.8 Å². The molecule has 1 atom stereocenters. The molecule has 0 bridgehead atoms. The van der Waals surface area contributed by atoms with Crippen LogP contribution < -0.4 is 5.32 Å². The molecule has 4 nitrogen and oxygen atoms in total. The number of rotatable bonds is 5. The standard InChI is InChI=1S/C11H22N2O2/c1-11(8-12-9-11)15-6-4-13(2)10-3-5-14-7-10/h10,12H,3-9H2,1-2H3. The molecule has 1 unspecified atom stereocenters. The van der Waals surface area contributed by atoms with Crippen molar-refractivity contribution in [2.24, 2.45) is 0 Å². The molecular formula is C11H22N2O2. The van der Waals surface area contributed by atoms with Crippen molar-refractivity contribution in [3.8, 4) is 0 Å². The summed E-state index contributed by atoms with van der Waals surface area (Å²) < 4.78 is 11.2. The first-order valence-electron chi connectivity index (χ1n) is 5.82. The smallest absolute Gasteiger partial charge is 0.0902 e. The molecule has 2 rings (SSSR count). The summed E-state index contributed by atoms with van der Waals surface area (Å²) in [6.07, 6.45) is 1.16. The SMILES string of the molecule is CN(CCOC1(C)CNC1)C1CCOC1. The lowest BCUT2D eigenvalue weighted by Gasteiger charge is -2.39. The third-order valence-electron chi connectivity index (χ3n) is 3.42. The highest BCUT2D eigenvalue weighted by Crippen LogP contribution is 2.15. The topological polar surface area (TPSA) is 33.7 Å². The maximum absolute atomic E-state index is 5.85. The van der Waals surface area contributed by atoms with Crippen LogP contribution in [0.25, 0.3) is 0 Å². The quantitative estimate of drug-likeness (QED) is 0.703. The van der Waals surface area contributed by atoms with E-state index in [1.54, 1.807) is 0 Å². The number of hydrogen-bond donors (Lipinski definition) is 1. The van der Waals surface area contributed by atoms with E-state index in [4.69, 9.17) is 9.47 Å². The lowest BCUT2D eigenvalue weighted by Crippen LogP contribution is -2.59. The number of nitrogens with one attached hydrogen (secondary N) is 1. The van der Waals surface area contributed by atoms with Gasteiger partial charge in [0, 0.05) is 32.3 Å². The fourth-order valence-electron chi connectivity index (χ4n) is 2.07. The van der Waals surface area contributed by atoms with Crippen LogP contribution in [0.2, 0.25) is 0 Å². The van der Waals surface area contributed by atoms with Crippen molar-refractivity contribution in [3.63, 3.8) is 0 Å². The lowest BCUT2D eigenvalue weighted by molar-refractivity contribution is -0.0728. The molecule has 88 valence electrons. The Morgan fingerprint density at radius 1 is 1.53 bits per heavy atom. The summed E-state index contributed by atoms with van der Waals surface area (Å²) in [5.41, 5.74) is 0.0903. The monoisotopic (exact) mass is 214 g/mol. The van der Waals surface area contributed by atoms with Gasteiger partial charge in [0.25, 0.3) is 0 Å². The molecule has 0 aromatic carbocycles. The minimum Gasteiger partial charge on any atom is -0.380 e. The van der Waals surface area contributed by atoms with Crippen LogP contribution in [0.3, 0.4) is 0 Å². The molecule has 1 N–H and O–H groups in total. The predicted molar refractivity (Wildman–Crippen MR) is 59.1 cm³/mol. The Bertz CT molecular complexity index is 201. The summed E-state index contributed by atoms with van der Waals surface area (Å²) in [5, 5.41) is 3.24. The zero-order valence-corrected chi connectivity index (χ0v) is 9.79. The van der Waals surface area contributed by atoms with Crippen LogP contribution in [0, 0.1) is 0 Å². The molecule has 0 aromatic rings. The normalized spacial score (nSPS) is 29.4. The molecule has 0 aliphatic carbocycles. The number of likely N-dealkylation sites (N-methyl/N-ethyl adjacent to an activating group) is 1. The second-order valence-corrected chi connectivity index (χ2v) is 4.90. The van der Waals surface area contributed by atoms with Gasteiger partial charge in [-0.1, -0.05) is 0 Å².